The predicted octanol–water partition coefficient (Wildman–Crippen LogP) is 3.45. The third-order valence-electron chi connectivity index (χ3n) is 3.45. The highest BCUT2D eigenvalue weighted by molar-refractivity contribution is 6.35. The van der Waals surface area contributed by atoms with Crippen LogP contribution in [0.1, 0.15) is 33.2 Å². The van der Waals surface area contributed by atoms with Crippen molar-refractivity contribution in [3.8, 4) is 0 Å². The van der Waals surface area contributed by atoms with E-state index in [0.717, 1.165) is 0 Å². The van der Waals surface area contributed by atoms with Gasteiger partial charge in [0.25, 0.3) is 5.91 Å². The predicted molar refractivity (Wildman–Crippen MR) is 95.5 cm³/mol. The number of esters is 1. The van der Waals surface area contributed by atoms with Crippen LogP contribution in [0.3, 0.4) is 0 Å². The fraction of sp³-hybridized carbons (Fsp3) is 0.353. The van der Waals surface area contributed by atoms with Gasteiger partial charge in [0.05, 0.1) is 13.7 Å². The second kappa shape index (κ2) is 9.56. The molecule has 0 atom stereocenters. The highest BCUT2D eigenvalue weighted by atomic mass is 35.5. The van der Waals surface area contributed by atoms with Crippen molar-refractivity contribution in [2.45, 2.75) is 13.0 Å². The van der Waals surface area contributed by atoms with Gasteiger partial charge < -0.3 is 18.8 Å². The Morgan fingerprint density at radius 1 is 1.19 bits per heavy atom. The van der Waals surface area contributed by atoms with Gasteiger partial charge >= 0.3 is 5.97 Å². The van der Waals surface area contributed by atoms with E-state index in [9.17, 15) is 9.59 Å². The molecule has 0 N–H and O–H groups in total. The maximum Gasteiger partial charge on any atom is 0.360 e. The molecule has 140 valence electrons. The molecular formula is C17H18Cl2N2O5. The Kier molecular flexibility index (Phi) is 7.44. The monoisotopic (exact) mass is 400 g/mol. The van der Waals surface area contributed by atoms with Crippen molar-refractivity contribution in [2.24, 2.45) is 0 Å². The lowest BCUT2D eigenvalue weighted by molar-refractivity contribution is 0.0594. The number of aromatic nitrogens is 1. The van der Waals surface area contributed by atoms with E-state index in [1.54, 1.807) is 13.2 Å². The van der Waals surface area contributed by atoms with Gasteiger partial charge in [0, 0.05) is 35.9 Å². The standard InChI is InChI=1S/C17H18Cl2N2O5/c1-24-5-3-4-21(9-15-20-14(10-26-15)17(23)25-2)16(22)11-6-12(18)8-13(19)7-11/h6-8,10H,3-5,9H2,1-2H3. The van der Waals surface area contributed by atoms with E-state index in [2.05, 4.69) is 9.72 Å². The van der Waals surface area contributed by atoms with Gasteiger partial charge in [-0.25, -0.2) is 9.78 Å². The highest BCUT2D eigenvalue weighted by Crippen LogP contribution is 2.21. The molecule has 0 aliphatic carbocycles. The molecule has 0 fully saturated rings. The fourth-order valence-corrected chi connectivity index (χ4v) is 2.78. The Labute approximate surface area is 160 Å². The van der Waals surface area contributed by atoms with E-state index in [1.165, 1.54) is 30.4 Å². The van der Waals surface area contributed by atoms with Crippen LogP contribution in [0.25, 0.3) is 0 Å². The van der Waals surface area contributed by atoms with E-state index in [1.807, 2.05) is 0 Å². The Balaban J connectivity index is 2.20. The lowest BCUT2D eigenvalue weighted by atomic mass is 10.2. The number of hydrogen-bond acceptors (Lipinski definition) is 6. The summed E-state index contributed by atoms with van der Waals surface area (Å²) in [6, 6.07) is 4.62. The fourth-order valence-electron chi connectivity index (χ4n) is 2.26. The number of nitrogens with zero attached hydrogens (tertiary/aromatic N) is 2. The molecule has 0 bridgehead atoms. The zero-order valence-electron chi connectivity index (χ0n) is 14.3. The third-order valence-corrected chi connectivity index (χ3v) is 3.88. The van der Waals surface area contributed by atoms with Crippen LogP contribution >= 0.6 is 23.2 Å². The first-order valence-corrected chi connectivity index (χ1v) is 8.47. The van der Waals surface area contributed by atoms with Crippen LogP contribution < -0.4 is 0 Å². The molecule has 0 spiro atoms. The quantitative estimate of drug-likeness (QED) is 0.498. The molecule has 1 amide bonds. The van der Waals surface area contributed by atoms with Gasteiger partial charge in [0.2, 0.25) is 5.89 Å². The van der Waals surface area contributed by atoms with Gasteiger partial charge in [-0.15, -0.1) is 0 Å². The Morgan fingerprint density at radius 3 is 2.50 bits per heavy atom. The molecule has 9 heteroatoms. The molecule has 26 heavy (non-hydrogen) atoms. The van der Waals surface area contributed by atoms with Crippen LogP contribution in [-0.4, -0.2) is 49.1 Å². The maximum absolute atomic E-state index is 12.9. The normalized spacial score (nSPS) is 10.6. The summed E-state index contributed by atoms with van der Waals surface area (Å²) in [4.78, 5) is 29.9. The summed E-state index contributed by atoms with van der Waals surface area (Å²) in [5.74, 6) is -0.688. The van der Waals surface area contributed by atoms with E-state index >= 15 is 0 Å². The molecule has 0 saturated carbocycles. The van der Waals surface area contributed by atoms with Gasteiger partial charge in [-0.3, -0.25) is 4.79 Å². The zero-order chi connectivity index (χ0) is 19.1. The minimum Gasteiger partial charge on any atom is -0.464 e. The molecular weight excluding hydrogens is 383 g/mol. The van der Waals surface area contributed by atoms with Crippen molar-refractivity contribution < 1.29 is 23.5 Å². The maximum atomic E-state index is 12.9. The Hall–Kier alpha value is -2.09. The minimum absolute atomic E-state index is 0.0394. The van der Waals surface area contributed by atoms with Gasteiger partial charge in [0.15, 0.2) is 5.69 Å². The van der Waals surface area contributed by atoms with Crippen molar-refractivity contribution in [1.82, 2.24) is 9.88 Å². The van der Waals surface area contributed by atoms with Gasteiger partial charge in [-0.05, 0) is 24.6 Å². The number of benzene rings is 1. The summed E-state index contributed by atoms with van der Waals surface area (Å²) in [6.45, 7) is 0.954. The largest absolute Gasteiger partial charge is 0.464 e. The van der Waals surface area contributed by atoms with E-state index < -0.39 is 5.97 Å². The smallest absolute Gasteiger partial charge is 0.360 e. The number of rotatable bonds is 8. The molecule has 1 aromatic heterocycles. The number of hydrogen-bond donors (Lipinski definition) is 0. The highest BCUT2D eigenvalue weighted by Gasteiger charge is 2.20. The van der Waals surface area contributed by atoms with Crippen molar-refractivity contribution in [3.63, 3.8) is 0 Å². The van der Waals surface area contributed by atoms with Gasteiger partial charge in [-0.2, -0.15) is 0 Å². The number of oxazole rings is 1. The molecule has 0 saturated heterocycles. The Morgan fingerprint density at radius 2 is 1.88 bits per heavy atom. The molecule has 0 aliphatic heterocycles. The summed E-state index contributed by atoms with van der Waals surface area (Å²) >= 11 is 12.0. The molecule has 2 rings (SSSR count). The molecule has 7 nitrogen and oxygen atoms in total. The summed E-state index contributed by atoms with van der Waals surface area (Å²) in [6.07, 6.45) is 1.80. The Bertz CT molecular complexity index is 758. The first-order chi connectivity index (χ1) is 12.4. The number of carbonyl (C=O) groups excluding carboxylic acids is 2. The van der Waals surface area contributed by atoms with Crippen molar-refractivity contribution in [2.75, 3.05) is 27.4 Å². The first kappa shape index (κ1) is 20.2. The summed E-state index contributed by atoms with van der Waals surface area (Å²) in [5.41, 5.74) is 0.386. The van der Waals surface area contributed by atoms with Gasteiger partial charge in [-0.1, -0.05) is 23.2 Å². The number of ether oxygens (including phenoxy) is 2. The van der Waals surface area contributed by atoms with Gasteiger partial charge in [0.1, 0.15) is 6.26 Å². The SMILES string of the molecule is COCCCN(Cc1nc(C(=O)OC)co1)C(=O)c1cc(Cl)cc(Cl)c1. The number of amides is 1. The van der Waals surface area contributed by atoms with Crippen molar-refractivity contribution in [1.29, 1.82) is 0 Å². The van der Waals surface area contributed by atoms with E-state index in [4.69, 9.17) is 32.4 Å². The number of halogens is 2. The van der Waals surface area contributed by atoms with Crippen molar-refractivity contribution in [3.05, 3.63) is 51.7 Å². The van der Waals surface area contributed by atoms with Crippen LogP contribution in [-0.2, 0) is 16.0 Å². The molecule has 0 unspecified atom stereocenters. The van der Waals surface area contributed by atoms with E-state index in [0.29, 0.717) is 35.2 Å². The summed E-state index contributed by atoms with van der Waals surface area (Å²) < 4.78 is 14.9. The number of methoxy groups -OCH3 is 2. The van der Waals surface area contributed by atoms with Crippen LogP contribution in [0.4, 0.5) is 0 Å². The first-order valence-electron chi connectivity index (χ1n) is 7.71. The summed E-state index contributed by atoms with van der Waals surface area (Å²) in [7, 11) is 2.83. The van der Waals surface area contributed by atoms with Crippen molar-refractivity contribution >= 4 is 35.1 Å². The third kappa shape index (κ3) is 5.45. The topological polar surface area (TPSA) is 81.9 Å². The second-order valence-electron chi connectivity index (χ2n) is 5.35. The molecule has 2 aromatic rings. The minimum atomic E-state index is -0.612. The average molecular weight is 401 g/mol. The van der Waals surface area contributed by atoms with Crippen LogP contribution in [0, 0.1) is 0 Å². The van der Waals surface area contributed by atoms with Crippen LogP contribution in [0.2, 0.25) is 10.0 Å². The van der Waals surface area contributed by atoms with Crippen LogP contribution in [0.15, 0.2) is 28.9 Å². The molecule has 0 aliphatic rings. The molecule has 0 radical (unpaired) electrons. The van der Waals surface area contributed by atoms with E-state index in [-0.39, 0.29) is 24.0 Å². The number of carbonyl (C=O) groups is 2. The summed E-state index contributed by atoms with van der Waals surface area (Å²) in [5, 5.41) is 0.726. The molecule has 1 heterocycles. The average Bonchev–Trinajstić information content (AvgIpc) is 3.07. The zero-order valence-corrected chi connectivity index (χ0v) is 15.8. The lowest BCUT2D eigenvalue weighted by Crippen LogP contribution is -2.32. The lowest BCUT2D eigenvalue weighted by Gasteiger charge is -2.21. The second-order valence-corrected chi connectivity index (χ2v) is 6.22. The van der Waals surface area contributed by atoms with Crippen LogP contribution in [0.5, 0.6) is 0 Å². The molecule has 1 aromatic carbocycles.